The highest BCUT2D eigenvalue weighted by atomic mass is 16.3. The van der Waals surface area contributed by atoms with Crippen molar-refractivity contribution in [2.75, 3.05) is 0 Å². The average molecular weight is 673 g/mol. The van der Waals surface area contributed by atoms with Crippen LogP contribution in [0, 0.1) is 0 Å². The fourth-order valence-electron chi connectivity index (χ4n) is 8.60. The first-order valence-electron chi connectivity index (χ1n) is 18.3. The summed E-state index contributed by atoms with van der Waals surface area (Å²) in [5.74, 6) is 0. The summed E-state index contributed by atoms with van der Waals surface area (Å²) in [6.45, 7) is 0. The van der Waals surface area contributed by atoms with E-state index in [-0.39, 0.29) is 0 Å². The minimum atomic E-state index is 0.907. The number of furan rings is 1. The molecule has 11 aromatic rings. The van der Waals surface area contributed by atoms with Crippen LogP contribution < -0.4 is 0 Å². The summed E-state index contributed by atoms with van der Waals surface area (Å²) in [6, 6.07) is 70.8. The molecular weight excluding hydrogens is 641 g/mol. The van der Waals surface area contributed by atoms with Gasteiger partial charge in [-0.2, -0.15) is 0 Å². The van der Waals surface area contributed by atoms with Gasteiger partial charge in [-0.3, -0.25) is 0 Å². The Morgan fingerprint density at radius 3 is 1.60 bits per heavy atom. The third-order valence-electron chi connectivity index (χ3n) is 11.0. The summed E-state index contributed by atoms with van der Waals surface area (Å²) in [5.41, 5.74) is 11.6. The van der Waals surface area contributed by atoms with Gasteiger partial charge in [0, 0.05) is 10.8 Å². The topological polar surface area (TPSA) is 13.1 Å². The first-order chi connectivity index (χ1) is 26.3. The maximum atomic E-state index is 6.22. The molecule has 0 aliphatic carbocycles. The predicted molar refractivity (Wildman–Crippen MR) is 225 cm³/mol. The molecule has 0 fully saturated rings. The Morgan fingerprint density at radius 1 is 0.245 bits per heavy atom. The fraction of sp³-hybridized carbons (Fsp3) is 0. The molecule has 1 aromatic heterocycles. The van der Waals surface area contributed by atoms with Crippen molar-refractivity contribution in [3.8, 4) is 44.5 Å². The van der Waals surface area contributed by atoms with E-state index in [4.69, 9.17) is 4.42 Å². The second-order valence-corrected chi connectivity index (χ2v) is 14.0. The maximum Gasteiger partial charge on any atom is 0.135 e. The van der Waals surface area contributed by atoms with Crippen LogP contribution in [-0.4, -0.2) is 0 Å². The van der Waals surface area contributed by atoms with E-state index in [9.17, 15) is 0 Å². The van der Waals surface area contributed by atoms with Gasteiger partial charge >= 0.3 is 0 Å². The van der Waals surface area contributed by atoms with Crippen LogP contribution in [0.4, 0.5) is 0 Å². The lowest BCUT2D eigenvalue weighted by atomic mass is 9.82. The standard InChI is InChI=1S/C52H32O/c1-2-14-35-30-38(25-24-33(35)12-1)40-17-5-6-19-42(40)52-45-21-8-7-20-44(45)51(43-22-11-15-34-13-3-4-16-39(34)43)46-28-26-36(32-48(46)52)37-27-29-50-47(31-37)41-18-9-10-23-49(41)53-50/h1-32H. The first-order valence-corrected chi connectivity index (χ1v) is 18.3. The van der Waals surface area contributed by atoms with Crippen LogP contribution in [0.1, 0.15) is 0 Å². The van der Waals surface area contributed by atoms with Gasteiger partial charge in [0.25, 0.3) is 0 Å². The third-order valence-corrected chi connectivity index (χ3v) is 11.0. The van der Waals surface area contributed by atoms with E-state index < -0.39 is 0 Å². The molecule has 1 heterocycles. The first kappa shape index (κ1) is 29.7. The van der Waals surface area contributed by atoms with Crippen LogP contribution in [0.2, 0.25) is 0 Å². The van der Waals surface area contributed by atoms with E-state index >= 15 is 0 Å². The van der Waals surface area contributed by atoms with Gasteiger partial charge in [0.15, 0.2) is 0 Å². The highest BCUT2D eigenvalue weighted by molar-refractivity contribution is 6.25. The molecule has 10 aromatic carbocycles. The fourth-order valence-corrected chi connectivity index (χ4v) is 8.60. The number of rotatable bonds is 4. The SMILES string of the molecule is c1ccc(-c2c3ccccc3c(-c3cccc4ccccc34)c3ccc(-c4ccc5oc6ccccc6c5c4)cc23)c(-c2ccc3ccccc3c2)c1. The molecular formula is C52H32O. The number of fused-ring (bicyclic) bond motifs is 7. The molecule has 0 N–H and O–H groups in total. The summed E-state index contributed by atoms with van der Waals surface area (Å²) in [6.07, 6.45) is 0. The van der Waals surface area contributed by atoms with Gasteiger partial charge in [-0.05, 0) is 118 Å². The summed E-state index contributed by atoms with van der Waals surface area (Å²) in [4.78, 5) is 0. The number of hydrogen-bond acceptors (Lipinski definition) is 1. The Kier molecular flexibility index (Phi) is 6.62. The van der Waals surface area contributed by atoms with Crippen molar-refractivity contribution in [2.45, 2.75) is 0 Å². The molecule has 0 aliphatic rings. The molecule has 53 heavy (non-hydrogen) atoms. The highest BCUT2D eigenvalue weighted by Gasteiger charge is 2.21. The molecule has 1 heteroatoms. The lowest BCUT2D eigenvalue weighted by molar-refractivity contribution is 0.669. The summed E-state index contributed by atoms with van der Waals surface area (Å²) >= 11 is 0. The quantitative estimate of drug-likeness (QED) is 0.170. The Balaban J connectivity index is 1.25. The van der Waals surface area contributed by atoms with Gasteiger partial charge in [-0.25, -0.2) is 0 Å². The Labute approximate surface area is 307 Å². The molecule has 0 bridgehead atoms. The molecule has 0 aliphatic heterocycles. The van der Waals surface area contributed by atoms with Gasteiger partial charge in [-0.15, -0.1) is 0 Å². The molecule has 0 atom stereocenters. The van der Waals surface area contributed by atoms with E-state index in [1.165, 1.54) is 87.6 Å². The minimum absolute atomic E-state index is 0.907. The molecule has 0 unspecified atom stereocenters. The van der Waals surface area contributed by atoms with E-state index in [1.54, 1.807) is 0 Å². The van der Waals surface area contributed by atoms with Crippen LogP contribution in [0.5, 0.6) is 0 Å². The molecule has 11 rings (SSSR count). The summed E-state index contributed by atoms with van der Waals surface area (Å²) < 4.78 is 6.22. The Morgan fingerprint density at radius 2 is 0.774 bits per heavy atom. The minimum Gasteiger partial charge on any atom is -0.456 e. The zero-order valence-corrected chi connectivity index (χ0v) is 28.9. The third kappa shape index (κ3) is 4.71. The van der Waals surface area contributed by atoms with Crippen molar-refractivity contribution in [2.24, 2.45) is 0 Å². The van der Waals surface area contributed by atoms with E-state index in [1.807, 2.05) is 12.1 Å². The molecule has 246 valence electrons. The molecule has 0 amide bonds. The van der Waals surface area contributed by atoms with E-state index in [2.05, 4.69) is 182 Å². The predicted octanol–water partition coefficient (Wildman–Crippen LogP) is 14.9. The van der Waals surface area contributed by atoms with Gasteiger partial charge in [-0.1, -0.05) is 164 Å². The monoisotopic (exact) mass is 672 g/mol. The molecule has 0 spiro atoms. The second kappa shape index (κ2) is 11.8. The maximum absolute atomic E-state index is 6.22. The van der Waals surface area contributed by atoms with Crippen molar-refractivity contribution < 1.29 is 4.42 Å². The van der Waals surface area contributed by atoms with Gasteiger partial charge in [0.1, 0.15) is 11.2 Å². The number of hydrogen-bond donors (Lipinski definition) is 0. The largest absolute Gasteiger partial charge is 0.456 e. The van der Waals surface area contributed by atoms with Crippen LogP contribution >= 0.6 is 0 Å². The Bertz CT molecular complexity index is 3230. The van der Waals surface area contributed by atoms with Crippen molar-refractivity contribution in [3.05, 3.63) is 194 Å². The normalized spacial score (nSPS) is 11.8. The Hall–Kier alpha value is -6.96. The molecule has 0 radical (unpaired) electrons. The summed E-state index contributed by atoms with van der Waals surface area (Å²) in [7, 11) is 0. The number of para-hydroxylation sites is 1. The van der Waals surface area contributed by atoms with Gasteiger partial charge in [0.05, 0.1) is 0 Å². The molecule has 0 saturated carbocycles. The van der Waals surface area contributed by atoms with Crippen molar-refractivity contribution in [1.82, 2.24) is 0 Å². The lowest BCUT2D eigenvalue weighted by Crippen LogP contribution is -1.94. The van der Waals surface area contributed by atoms with E-state index in [0.717, 1.165) is 21.9 Å². The van der Waals surface area contributed by atoms with Crippen LogP contribution in [0.25, 0.3) is 110 Å². The van der Waals surface area contributed by atoms with Crippen LogP contribution in [-0.2, 0) is 0 Å². The molecule has 0 saturated heterocycles. The zero-order valence-electron chi connectivity index (χ0n) is 28.9. The van der Waals surface area contributed by atoms with Crippen LogP contribution in [0.3, 0.4) is 0 Å². The smallest absolute Gasteiger partial charge is 0.135 e. The zero-order chi connectivity index (χ0) is 34.9. The van der Waals surface area contributed by atoms with Crippen molar-refractivity contribution >= 4 is 65.0 Å². The summed E-state index contributed by atoms with van der Waals surface area (Å²) in [5, 5.41) is 12.2. The average Bonchev–Trinajstić information content (AvgIpc) is 3.60. The van der Waals surface area contributed by atoms with E-state index in [0.29, 0.717) is 0 Å². The van der Waals surface area contributed by atoms with Crippen LogP contribution in [0.15, 0.2) is 199 Å². The van der Waals surface area contributed by atoms with Crippen molar-refractivity contribution in [3.63, 3.8) is 0 Å². The van der Waals surface area contributed by atoms with Crippen molar-refractivity contribution in [1.29, 1.82) is 0 Å². The van der Waals surface area contributed by atoms with Gasteiger partial charge in [0.2, 0.25) is 0 Å². The second-order valence-electron chi connectivity index (χ2n) is 14.0. The highest BCUT2D eigenvalue weighted by Crippen LogP contribution is 2.48. The lowest BCUT2D eigenvalue weighted by Gasteiger charge is -2.21. The molecule has 1 nitrogen and oxygen atoms in total. The number of benzene rings is 10. The van der Waals surface area contributed by atoms with Gasteiger partial charge < -0.3 is 4.42 Å².